The van der Waals surface area contributed by atoms with Crippen molar-refractivity contribution in [1.82, 2.24) is 9.88 Å². The van der Waals surface area contributed by atoms with Gasteiger partial charge in [0.05, 0.1) is 6.54 Å². The second-order valence-electron chi connectivity index (χ2n) is 4.17. The molecule has 102 valence electrons. The van der Waals surface area contributed by atoms with E-state index in [1.807, 2.05) is 18.0 Å². The van der Waals surface area contributed by atoms with E-state index < -0.39 is 5.97 Å². The first-order chi connectivity index (χ1) is 8.54. The molecular formula is C12H14ClN3O3. The number of anilines is 1. The number of carbonyl (C=O) groups is 2. The monoisotopic (exact) mass is 283 g/mol. The highest BCUT2D eigenvalue weighted by molar-refractivity contribution is 5.93. The number of fused-ring (bicyclic) bond motifs is 1. The molecule has 1 aliphatic rings. The second-order valence-corrected chi connectivity index (χ2v) is 4.17. The molecule has 6 nitrogen and oxygen atoms in total. The summed E-state index contributed by atoms with van der Waals surface area (Å²) >= 11 is 0. The zero-order valence-corrected chi connectivity index (χ0v) is 11.1. The van der Waals surface area contributed by atoms with Gasteiger partial charge in [-0.05, 0) is 24.8 Å². The molecule has 0 bridgehead atoms. The van der Waals surface area contributed by atoms with Crippen LogP contribution in [0.2, 0.25) is 0 Å². The first-order valence-corrected chi connectivity index (χ1v) is 5.43. The Morgan fingerprint density at radius 1 is 1.53 bits per heavy atom. The number of nitrogens with zero attached hydrogens (tertiary/aromatic N) is 2. The van der Waals surface area contributed by atoms with Crippen LogP contribution < -0.4 is 5.32 Å². The number of aliphatic carboxylic acids is 1. The molecule has 1 aromatic heterocycles. The number of carboxylic acids is 1. The predicted octanol–water partition coefficient (Wildman–Crippen LogP) is 0.985. The zero-order chi connectivity index (χ0) is 13.1. The van der Waals surface area contributed by atoms with E-state index in [2.05, 4.69) is 10.3 Å². The average molecular weight is 284 g/mol. The standard InChI is InChI=1S/C12H13N3O3.ClH/c1-15-6-9-4-8(2-3-11(17)18)5-13-12(9)14-10(16)7-15;/h2-5H,6-7H2,1H3,(H,17,18)(H,13,14,16);1H/b3-2+;. The van der Waals surface area contributed by atoms with E-state index >= 15 is 0 Å². The Balaban J connectivity index is 0.00000180. The zero-order valence-electron chi connectivity index (χ0n) is 10.3. The fourth-order valence-electron chi connectivity index (χ4n) is 1.78. The van der Waals surface area contributed by atoms with Crippen LogP contribution in [0.15, 0.2) is 18.3 Å². The lowest BCUT2D eigenvalue weighted by molar-refractivity contribution is -0.131. The molecule has 2 rings (SSSR count). The van der Waals surface area contributed by atoms with Crippen LogP contribution in [0.25, 0.3) is 6.08 Å². The molecule has 7 heteroatoms. The number of aromatic nitrogens is 1. The maximum absolute atomic E-state index is 11.5. The van der Waals surface area contributed by atoms with Crippen molar-refractivity contribution in [2.75, 3.05) is 18.9 Å². The number of rotatable bonds is 2. The maximum Gasteiger partial charge on any atom is 0.328 e. The van der Waals surface area contributed by atoms with Crippen molar-refractivity contribution < 1.29 is 14.7 Å². The third-order valence-corrected chi connectivity index (χ3v) is 2.52. The fraction of sp³-hybridized carbons (Fsp3) is 0.250. The Morgan fingerprint density at radius 2 is 2.26 bits per heavy atom. The molecule has 1 aromatic rings. The maximum atomic E-state index is 11.5. The Morgan fingerprint density at radius 3 is 2.95 bits per heavy atom. The summed E-state index contributed by atoms with van der Waals surface area (Å²) in [5, 5.41) is 11.3. The molecule has 2 heterocycles. The second kappa shape index (κ2) is 6.31. The number of carbonyl (C=O) groups excluding carboxylic acids is 1. The van der Waals surface area contributed by atoms with Gasteiger partial charge in [0.2, 0.25) is 5.91 Å². The van der Waals surface area contributed by atoms with Gasteiger partial charge in [0.15, 0.2) is 0 Å². The lowest BCUT2D eigenvalue weighted by atomic mass is 10.1. The van der Waals surface area contributed by atoms with E-state index in [-0.39, 0.29) is 18.3 Å². The molecule has 1 aliphatic heterocycles. The SMILES string of the molecule is CN1CC(=O)Nc2ncc(/C=C/C(=O)O)cc2C1.Cl. The van der Waals surface area contributed by atoms with Crippen molar-refractivity contribution in [2.45, 2.75) is 6.54 Å². The summed E-state index contributed by atoms with van der Waals surface area (Å²) in [4.78, 5) is 27.9. The van der Waals surface area contributed by atoms with Gasteiger partial charge in [0.1, 0.15) is 5.82 Å². The van der Waals surface area contributed by atoms with E-state index in [1.165, 1.54) is 12.3 Å². The van der Waals surface area contributed by atoms with Gasteiger partial charge in [-0.25, -0.2) is 9.78 Å². The fourth-order valence-corrected chi connectivity index (χ4v) is 1.78. The molecule has 0 saturated carbocycles. The Kier molecular flexibility index (Phi) is 5.02. The summed E-state index contributed by atoms with van der Waals surface area (Å²) in [6, 6.07) is 1.82. The van der Waals surface area contributed by atoms with E-state index in [0.717, 1.165) is 11.6 Å². The van der Waals surface area contributed by atoms with Crippen LogP contribution in [0.4, 0.5) is 5.82 Å². The molecule has 0 atom stereocenters. The normalized spacial score (nSPS) is 15.3. The van der Waals surface area contributed by atoms with E-state index in [1.54, 1.807) is 0 Å². The van der Waals surface area contributed by atoms with Crippen molar-refractivity contribution in [2.24, 2.45) is 0 Å². The van der Waals surface area contributed by atoms with Gasteiger partial charge in [-0.1, -0.05) is 0 Å². The number of likely N-dealkylation sites (N-methyl/N-ethyl adjacent to an activating group) is 1. The Hall–Kier alpha value is -1.92. The summed E-state index contributed by atoms with van der Waals surface area (Å²) < 4.78 is 0. The lowest BCUT2D eigenvalue weighted by Gasteiger charge is -2.11. The highest BCUT2D eigenvalue weighted by atomic mass is 35.5. The minimum absolute atomic E-state index is 0. The van der Waals surface area contributed by atoms with Gasteiger partial charge >= 0.3 is 5.97 Å². The smallest absolute Gasteiger partial charge is 0.328 e. The van der Waals surface area contributed by atoms with Crippen LogP contribution in [0.1, 0.15) is 11.1 Å². The predicted molar refractivity (Wildman–Crippen MR) is 73.1 cm³/mol. The van der Waals surface area contributed by atoms with Crippen molar-refractivity contribution in [3.05, 3.63) is 29.5 Å². The highest BCUT2D eigenvalue weighted by Gasteiger charge is 2.17. The molecule has 0 aromatic carbocycles. The van der Waals surface area contributed by atoms with Crippen LogP contribution in [-0.2, 0) is 16.1 Å². The van der Waals surface area contributed by atoms with Gasteiger partial charge in [-0.3, -0.25) is 9.69 Å². The topological polar surface area (TPSA) is 82.5 Å². The molecule has 1 amide bonds. The molecule has 0 aliphatic carbocycles. The summed E-state index contributed by atoms with van der Waals surface area (Å²) in [7, 11) is 1.84. The number of nitrogens with one attached hydrogen (secondary N) is 1. The number of pyridine rings is 1. The number of amides is 1. The third kappa shape index (κ3) is 4.04. The van der Waals surface area contributed by atoms with Gasteiger partial charge in [-0.15, -0.1) is 12.4 Å². The first-order valence-electron chi connectivity index (χ1n) is 5.43. The molecule has 2 N–H and O–H groups in total. The van der Waals surface area contributed by atoms with Crippen molar-refractivity contribution in [1.29, 1.82) is 0 Å². The minimum Gasteiger partial charge on any atom is -0.478 e. The van der Waals surface area contributed by atoms with Crippen LogP contribution in [0.5, 0.6) is 0 Å². The molecular weight excluding hydrogens is 270 g/mol. The molecule has 0 fully saturated rings. The van der Waals surface area contributed by atoms with Crippen LogP contribution in [0, 0.1) is 0 Å². The van der Waals surface area contributed by atoms with E-state index in [9.17, 15) is 9.59 Å². The number of hydrogen-bond acceptors (Lipinski definition) is 4. The first kappa shape index (κ1) is 15.1. The van der Waals surface area contributed by atoms with E-state index in [0.29, 0.717) is 24.5 Å². The van der Waals surface area contributed by atoms with Crippen LogP contribution >= 0.6 is 12.4 Å². The lowest BCUT2D eigenvalue weighted by Crippen LogP contribution is -2.26. The molecule has 0 saturated heterocycles. The van der Waals surface area contributed by atoms with Crippen LogP contribution in [-0.4, -0.2) is 40.5 Å². The number of halogens is 1. The van der Waals surface area contributed by atoms with Gasteiger partial charge < -0.3 is 10.4 Å². The third-order valence-electron chi connectivity index (χ3n) is 2.52. The van der Waals surface area contributed by atoms with Crippen molar-refractivity contribution >= 4 is 36.2 Å². The average Bonchev–Trinajstić information content (AvgIpc) is 2.42. The Labute approximate surface area is 116 Å². The molecule has 0 unspecified atom stereocenters. The van der Waals surface area contributed by atoms with Gasteiger partial charge in [0.25, 0.3) is 0 Å². The van der Waals surface area contributed by atoms with Crippen molar-refractivity contribution in [3.63, 3.8) is 0 Å². The highest BCUT2D eigenvalue weighted by Crippen LogP contribution is 2.19. The Bertz CT molecular complexity index is 531. The molecule has 0 radical (unpaired) electrons. The quantitative estimate of drug-likeness (QED) is 0.791. The van der Waals surface area contributed by atoms with Crippen molar-refractivity contribution in [3.8, 4) is 0 Å². The van der Waals surface area contributed by atoms with E-state index in [4.69, 9.17) is 5.11 Å². The summed E-state index contributed by atoms with van der Waals surface area (Å²) in [5.74, 6) is -0.565. The summed E-state index contributed by atoms with van der Waals surface area (Å²) in [5.41, 5.74) is 1.57. The van der Waals surface area contributed by atoms with Gasteiger partial charge in [0, 0.05) is 24.4 Å². The largest absolute Gasteiger partial charge is 0.478 e. The van der Waals surface area contributed by atoms with Gasteiger partial charge in [-0.2, -0.15) is 0 Å². The number of hydrogen-bond donors (Lipinski definition) is 2. The summed E-state index contributed by atoms with van der Waals surface area (Å²) in [6.45, 7) is 0.909. The molecule has 0 spiro atoms. The summed E-state index contributed by atoms with van der Waals surface area (Å²) in [6.07, 6.45) is 4.06. The van der Waals surface area contributed by atoms with Crippen LogP contribution in [0.3, 0.4) is 0 Å². The number of carboxylic acid groups (broad SMARTS) is 1. The molecule has 19 heavy (non-hydrogen) atoms. The minimum atomic E-state index is -1.00.